The van der Waals surface area contributed by atoms with Gasteiger partial charge in [-0.1, -0.05) is 12.1 Å². The summed E-state index contributed by atoms with van der Waals surface area (Å²) in [6.07, 6.45) is 1.72. The van der Waals surface area contributed by atoms with Crippen molar-refractivity contribution in [1.29, 1.82) is 0 Å². The normalized spacial score (nSPS) is 10.7. The lowest BCUT2D eigenvalue weighted by atomic mass is 10.1. The number of methoxy groups -OCH3 is 1. The van der Waals surface area contributed by atoms with E-state index in [1.807, 2.05) is 30.3 Å². The molecule has 2 rings (SSSR count). The number of carbonyl (C=O) groups is 1. The molecule has 0 saturated heterocycles. The summed E-state index contributed by atoms with van der Waals surface area (Å²) in [6.45, 7) is 1.52. The average molecular weight is 293 g/mol. The highest BCUT2D eigenvalue weighted by molar-refractivity contribution is 6.18. The molecule has 1 aromatic carbocycles. The molecule has 4 nitrogen and oxygen atoms in total. The Morgan fingerprint density at radius 2 is 2.15 bits per heavy atom. The summed E-state index contributed by atoms with van der Waals surface area (Å²) in [4.78, 5) is 18.6. The maximum atomic E-state index is 12.6. The minimum absolute atomic E-state index is 0.0405. The van der Waals surface area contributed by atoms with Gasteiger partial charge >= 0.3 is 0 Å². The summed E-state index contributed by atoms with van der Waals surface area (Å²) in [5.41, 5.74) is 1.47. The molecular weight excluding hydrogens is 276 g/mol. The Morgan fingerprint density at radius 1 is 1.30 bits per heavy atom. The van der Waals surface area contributed by atoms with Gasteiger partial charge in [0.1, 0.15) is 0 Å². The van der Waals surface area contributed by atoms with Crippen LogP contribution in [0.15, 0.2) is 36.5 Å². The van der Waals surface area contributed by atoms with Crippen LogP contribution in [-0.4, -0.2) is 48.5 Å². The van der Waals surface area contributed by atoms with Gasteiger partial charge in [0.15, 0.2) is 0 Å². The first-order valence-corrected chi connectivity index (χ1v) is 6.99. The molecule has 0 aliphatic carbocycles. The third-order valence-corrected chi connectivity index (χ3v) is 3.25. The summed E-state index contributed by atoms with van der Waals surface area (Å²) in [6, 6.07) is 9.30. The Kier molecular flexibility index (Phi) is 5.32. The number of nitrogens with zero attached hydrogens (tertiary/aromatic N) is 2. The summed E-state index contributed by atoms with van der Waals surface area (Å²) in [5.74, 6) is 0.361. The molecule has 2 aromatic rings. The Bertz CT molecular complexity index is 584. The van der Waals surface area contributed by atoms with Crippen molar-refractivity contribution in [2.75, 3.05) is 32.7 Å². The molecule has 1 amide bonds. The number of ether oxygens (including phenoxy) is 1. The van der Waals surface area contributed by atoms with Crippen LogP contribution in [0.4, 0.5) is 0 Å². The number of hydrogen-bond acceptors (Lipinski definition) is 3. The van der Waals surface area contributed by atoms with Crippen LogP contribution in [0.5, 0.6) is 0 Å². The fourth-order valence-corrected chi connectivity index (χ4v) is 2.28. The first-order valence-electron chi connectivity index (χ1n) is 6.46. The van der Waals surface area contributed by atoms with Gasteiger partial charge in [-0.3, -0.25) is 9.78 Å². The lowest BCUT2D eigenvalue weighted by Gasteiger charge is -2.22. The number of halogens is 1. The predicted molar refractivity (Wildman–Crippen MR) is 80.2 cm³/mol. The van der Waals surface area contributed by atoms with E-state index >= 15 is 0 Å². The van der Waals surface area contributed by atoms with Crippen LogP contribution in [-0.2, 0) is 4.74 Å². The number of hydrogen-bond donors (Lipinski definition) is 0. The van der Waals surface area contributed by atoms with E-state index in [0.29, 0.717) is 31.1 Å². The van der Waals surface area contributed by atoms with E-state index in [9.17, 15) is 4.79 Å². The SMILES string of the molecule is COCCN(CCCl)C(=O)c1cccc2ncccc12. The smallest absolute Gasteiger partial charge is 0.254 e. The largest absolute Gasteiger partial charge is 0.383 e. The van der Waals surface area contributed by atoms with Gasteiger partial charge in [0.2, 0.25) is 0 Å². The Labute approximate surface area is 123 Å². The topological polar surface area (TPSA) is 42.4 Å². The van der Waals surface area contributed by atoms with E-state index in [2.05, 4.69) is 4.98 Å². The van der Waals surface area contributed by atoms with Gasteiger partial charge in [-0.15, -0.1) is 11.6 Å². The van der Waals surface area contributed by atoms with Crippen molar-refractivity contribution >= 4 is 28.4 Å². The fraction of sp³-hybridized carbons (Fsp3) is 0.333. The van der Waals surface area contributed by atoms with E-state index in [1.54, 1.807) is 18.2 Å². The zero-order chi connectivity index (χ0) is 14.4. The molecule has 0 N–H and O–H groups in total. The Hall–Kier alpha value is -1.65. The molecule has 106 valence electrons. The van der Waals surface area contributed by atoms with Crippen LogP contribution < -0.4 is 0 Å². The second kappa shape index (κ2) is 7.22. The third kappa shape index (κ3) is 3.26. The quantitative estimate of drug-likeness (QED) is 0.769. The van der Waals surface area contributed by atoms with Crippen molar-refractivity contribution in [3.63, 3.8) is 0 Å². The van der Waals surface area contributed by atoms with E-state index in [-0.39, 0.29) is 5.91 Å². The number of carbonyl (C=O) groups excluding carboxylic acids is 1. The fourth-order valence-electron chi connectivity index (χ4n) is 2.08. The number of aromatic nitrogens is 1. The van der Waals surface area contributed by atoms with Gasteiger partial charge in [0, 0.05) is 43.2 Å². The molecule has 0 atom stereocenters. The molecule has 1 aromatic heterocycles. The highest BCUT2D eigenvalue weighted by Gasteiger charge is 2.17. The first-order chi connectivity index (χ1) is 9.77. The number of benzene rings is 1. The number of pyridine rings is 1. The van der Waals surface area contributed by atoms with Crippen LogP contribution >= 0.6 is 11.6 Å². The minimum atomic E-state index is -0.0405. The van der Waals surface area contributed by atoms with Crippen molar-refractivity contribution in [3.05, 3.63) is 42.1 Å². The Morgan fingerprint density at radius 3 is 2.90 bits per heavy atom. The second-order valence-electron chi connectivity index (χ2n) is 4.35. The van der Waals surface area contributed by atoms with Crippen LogP contribution in [0.3, 0.4) is 0 Å². The zero-order valence-electron chi connectivity index (χ0n) is 11.4. The zero-order valence-corrected chi connectivity index (χ0v) is 12.1. The van der Waals surface area contributed by atoms with Gasteiger partial charge in [-0.05, 0) is 18.2 Å². The lowest BCUT2D eigenvalue weighted by molar-refractivity contribution is 0.0709. The maximum absolute atomic E-state index is 12.6. The molecule has 0 radical (unpaired) electrons. The monoisotopic (exact) mass is 292 g/mol. The maximum Gasteiger partial charge on any atom is 0.254 e. The Balaban J connectivity index is 2.33. The summed E-state index contributed by atoms with van der Waals surface area (Å²) < 4.78 is 5.04. The molecule has 0 aliphatic rings. The van der Waals surface area contributed by atoms with Crippen LogP contribution in [0.1, 0.15) is 10.4 Å². The van der Waals surface area contributed by atoms with Gasteiger partial charge < -0.3 is 9.64 Å². The van der Waals surface area contributed by atoms with E-state index in [4.69, 9.17) is 16.3 Å². The molecule has 1 heterocycles. The average Bonchev–Trinajstić information content (AvgIpc) is 2.50. The summed E-state index contributed by atoms with van der Waals surface area (Å²) in [5, 5.41) is 0.858. The number of rotatable bonds is 6. The van der Waals surface area contributed by atoms with Crippen molar-refractivity contribution in [2.24, 2.45) is 0 Å². The van der Waals surface area contributed by atoms with Crippen LogP contribution in [0.2, 0.25) is 0 Å². The van der Waals surface area contributed by atoms with Crippen molar-refractivity contribution < 1.29 is 9.53 Å². The standard InChI is InChI=1S/C15H17ClN2O2/c1-20-11-10-18(9-7-16)15(19)13-4-2-6-14-12(13)5-3-8-17-14/h2-6,8H,7,9-11H2,1H3. The number of alkyl halides is 1. The van der Waals surface area contributed by atoms with Gasteiger partial charge in [0.25, 0.3) is 5.91 Å². The van der Waals surface area contributed by atoms with Crippen molar-refractivity contribution in [2.45, 2.75) is 0 Å². The van der Waals surface area contributed by atoms with E-state index < -0.39 is 0 Å². The number of fused-ring (bicyclic) bond motifs is 1. The molecule has 0 saturated carbocycles. The molecule has 0 bridgehead atoms. The second-order valence-corrected chi connectivity index (χ2v) is 4.73. The van der Waals surface area contributed by atoms with Gasteiger partial charge in [-0.2, -0.15) is 0 Å². The summed E-state index contributed by atoms with van der Waals surface area (Å²) in [7, 11) is 1.62. The molecule has 20 heavy (non-hydrogen) atoms. The molecule has 5 heteroatoms. The van der Waals surface area contributed by atoms with Crippen LogP contribution in [0.25, 0.3) is 10.9 Å². The molecule has 0 fully saturated rings. The lowest BCUT2D eigenvalue weighted by Crippen LogP contribution is -2.35. The van der Waals surface area contributed by atoms with E-state index in [0.717, 1.165) is 10.9 Å². The van der Waals surface area contributed by atoms with Gasteiger partial charge in [0.05, 0.1) is 12.1 Å². The highest BCUT2D eigenvalue weighted by atomic mass is 35.5. The first kappa shape index (κ1) is 14.8. The molecule has 0 unspecified atom stereocenters. The molecular formula is C15H17ClN2O2. The predicted octanol–water partition coefficient (Wildman–Crippen LogP) is 2.56. The van der Waals surface area contributed by atoms with Gasteiger partial charge in [-0.25, -0.2) is 0 Å². The van der Waals surface area contributed by atoms with Crippen LogP contribution in [0, 0.1) is 0 Å². The van der Waals surface area contributed by atoms with E-state index in [1.165, 1.54) is 0 Å². The minimum Gasteiger partial charge on any atom is -0.383 e. The highest BCUT2D eigenvalue weighted by Crippen LogP contribution is 2.18. The third-order valence-electron chi connectivity index (χ3n) is 3.08. The number of amides is 1. The molecule has 0 aliphatic heterocycles. The molecule has 0 spiro atoms. The summed E-state index contributed by atoms with van der Waals surface area (Å²) >= 11 is 5.78. The van der Waals surface area contributed by atoms with Crippen molar-refractivity contribution in [1.82, 2.24) is 9.88 Å². The van der Waals surface area contributed by atoms with Crippen molar-refractivity contribution in [3.8, 4) is 0 Å².